The molecule has 0 atom stereocenters. The first-order valence-electron chi connectivity index (χ1n) is 9.49. The molecule has 27 heavy (non-hydrogen) atoms. The Morgan fingerprint density at radius 2 is 1.70 bits per heavy atom. The number of carbonyl (C=O) groups excluding carboxylic acids is 1. The Labute approximate surface area is 181 Å². The molecule has 0 fully saturated rings. The molecule has 0 saturated heterocycles. The van der Waals surface area contributed by atoms with Crippen LogP contribution in [-0.2, 0) is 6.54 Å². The number of amides is 1. The number of hydrogen-bond acceptors (Lipinski definition) is 3. The SMILES string of the molecule is CCCCN(C)CCNC(=NCc1ccc(C(=O)N(C)C)cc1)NCC.I. The summed E-state index contributed by atoms with van der Waals surface area (Å²) in [6.45, 7) is 8.67. The monoisotopic (exact) mass is 489 g/mol. The van der Waals surface area contributed by atoms with E-state index in [1.165, 1.54) is 12.8 Å². The topological polar surface area (TPSA) is 60.0 Å². The lowest BCUT2D eigenvalue weighted by atomic mass is 10.1. The molecule has 0 aliphatic carbocycles. The van der Waals surface area contributed by atoms with Crippen molar-refractivity contribution in [3.05, 3.63) is 35.4 Å². The number of likely N-dealkylation sites (N-methyl/N-ethyl adjacent to an activating group) is 1. The van der Waals surface area contributed by atoms with Gasteiger partial charge in [-0.3, -0.25) is 4.79 Å². The van der Waals surface area contributed by atoms with Crippen LogP contribution in [0.2, 0.25) is 0 Å². The van der Waals surface area contributed by atoms with Gasteiger partial charge in [-0.25, -0.2) is 4.99 Å². The zero-order chi connectivity index (χ0) is 19.4. The van der Waals surface area contributed by atoms with E-state index in [1.54, 1.807) is 19.0 Å². The molecule has 2 N–H and O–H groups in total. The van der Waals surface area contributed by atoms with Crippen molar-refractivity contribution in [3.63, 3.8) is 0 Å². The summed E-state index contributed by atoms with van der Waals surface area (Å²) >= 11 is 0. The quantitative estimate of drug-likeness (QED) is 0.302. The summed E-state index contributed by atoms with van der Waals surface area (Å²) in [4.78, 5) is 20.5. The summed E-state index contributed by atoms with van der Waals surface area (Å²) in [6, 6.07) is 7.64. The maximum absolute atomic E-state index is 11.9. The zero-order valence-electron chi connectivity index (χ0n) is 17.4. The van der Waals surface area contributed by atoms with Gasteiger partial charge in [-0.05, 0) is 44.6 Å². The van der Waals surface area contributed by atoms with E-state index in [0.29, 0.717) is 12.1 Å². The van der Waals surface area contributed by atoms with Gasteiger partial charge in [0.15, 0.2) is 5.96 Å². The molecule has 0 bridgehead atoms. The Bertz CT molecular complexity index is 560. The number of hydrogen-bond donors (Lipinski definition) is 2. The lowest BCUT2D eigenvalue weighted by Gasteiger charge is -2.18. The standard InChI is InChI=1S/C20H35N5O.HI/c1-6-8-14-25(5)15-13-22-20(21-7-2)23-16-17-9-11-18(12-10-17)19(26)24(3)4;/h9-12H,6-8,13-16H2,1-5H3,(H2,21,22,23);1H. The van der Waals surface area contributed by atoms with Gasteiger partial charge in [0.25, 0.3) is 5.91 Å². The smallest absolute Gasteiger partial charge is 0.253 e. The van der Waals surface area contributed by atoms with Crippen LogP contribution >= 0.6 is 24.0 Å². The van der Waals surface area contributed by atoms with Crippen LogP contribution in [-0.4, -0.2) is 69.0 Å². The van der Waals surface area contributed by atoms with Crippen molar-refractivity contribution >= 4 is 35.8 Å². The molecule has 0 aliphatic rings. The highest BCUT2D eigenvalue weighted by Gasteiger charge is 2.07. The first-order chi connectivity index (χ1) is 12.5. The summed E-state index contributed by atoms with van der Waals surface area (Å²) in [6.07, 6.45) is 2.46. The number of benzene rings is 1. The second kappa shape index (κ2) is 14.7. The maximum Gasteiger partial charge on any atom is 0.253 e. The van der Waals surface area contributed by atoms with Crippen LogP contribution in [0.4, 0.5) is 0 Å². The summed E-state index contributed by atoms with van der Waals surface area (Å²) in [5.41, 5.74) is 1.78. The minimum absolute atomic E-state index is 0. The van der Waals surface area contributed by atoms with Crippen LogP contribution in [0.25, 0.3) is 0 Å². The number of unbranched alkanes of at least 4 members (excludes halogenated alkanes) is 1. The third kappa shape index (κ3) is 10.5. The summed E-state index contributed by atoms with van der Waals surface area (Å²) in [7, 11) is 5.67. The zero-order valence-corrected chi connectivity index (χ0v) is 19.7. The molecule has 1 aromatic carbocycles. The lowest BCUT2D eigenvalue weighted by molar-refractivity contribution is 0.0827. The van der Waals surface area contributed by atoms with Crippen LogP contribution in [0.5, 0.6) is 0 Å². The van der Waals surface area contributed by atoms with E-state index in [-0.39, 0.29) is 29.9 Å². The summed E-state index contributed by atoms with van der Waals surface area (Å²) in [5.74, 6) is 0.840. The molecule has 0 heterocycles. The third-order valence-electron chi connectivity index (χ3n) is 4.05. The van der Waals surface area contributed by atoms with Crippen LogP contribution in [0.3, 0.4) is 0 Å². The van der Waals surface area contributed by atoms with Crippen molar-refractivity contribution < 1.29 is 4.79 Å². The number of halogens is 1. The fourth-order valence-corrected chi connectivity index (χ4v) is 2.43. The first-order valence-corrected chi connectivity index (χ1v) is 9.49. The lowest BCUT2D eigenvalue weighted by Crippen LogP contribution is -2.41. The molecule has 0 aromatic heterocycles. The third-order valence-corrected chi connectivity index (χ3v) is 4.05. The molecule has 6 nitrogen and oxygen atoms in total. The van der Waals surface area contributed by atoms with Crippen LogP contribution in [0, 0.1) is 0 Å². The molecule has 0 radical (unpaired) electrons. The maximum atomic E-state index is 11.9. The Morgan fingerprint density at radius 1 is 1.04 bits per heavy atom. The van der Waals surface area contributed by atoms with Crippen molar-refractivity contribution in [1.82, 2.24) is 20.4 Å². The van der Waals surface area contributed by atoms with Gasteiger partial charge in [0.2, 0.25) is 0 Å². The second-order valence-electron chi connectivity index (χ2n) is 6.68. The van der Waals surface area contributed by atoms with E-state index in [9.17, 15) is 4.79 Å². The molecule has 0 saturated carbocycles. The molecule has 7 heteroatoms. The predicted molar refractivity (Wildman–Crippen MR) is 125 cm³/mol. The van der Waals surface area contributed by atoms with Gasteiger partial charge in [0.05, 0.1) is 6.54 Å². The number of carbonyl (C=O) groups is 1. The Kier molecular flexibility index (Phi) is 13.9. The highest BCUT2D eigenvalue weighted by Crippen LogP contribution is 2.07. The van der Waals surface area contributed by atoms with Crippen molar-refractivity contribution in [2.45, 2.75) is 33.2 Å². The van der Waals surface area contributed by atoms with Crippen LogP contribution in [0.1, 0.15) is 42.6 Å². The first kappa shape index (κ1) is 25.6. The molecule has 154 valence electrons. The van der Waals surface area contributed by atoms with E-state index >= 15 is 0 Å². The minimum Gasteiger partial charge on any atom is -0.357 e. The fraction of sp³-hybridized carbons (Fsp3) is 0.600. The van der Waals surface area contributed by atoms with Crippen molar-refractivity contribution in [3.8, 4) is 0 Å². The van der Waals surface area contributed by atoms with Crippen molar-refractivity contribution in [1.29, 1.82) is 0 Å². The Morgan fingerprint density at radius 3 is 2.26 bits per heavy atom. The van der Waals surface area contributed by atoms with Crippen molar-refractivity contribution in [2.75, 3.05) is 47.3 Å². The summed E-state index contributed by atoms with van der Waals surface area (Å²) < 4.78 is 0. The Hall–Kier alpha value is -1.35. The van der Waals surface area contributed by atoms with Gasteiger partial charge in [-0.2, -0.15) is 0 Å². The number of guanidine groups is 1. The van der Waals surface area contributed by atoms with E-state index in [4.69, 9.17) is 0 Å². The van der Waals surface area contributed by atoms with Gasteiger partial charge >= 0.3 is 0 Å². The van der Waals surface area contributed by atoms with Gasteiger partial charge in [0, 0.05) is 39.3 Å². The minimum atomic E-state index is 0. The molecule has 1 aromatic rings. The number of nitrogens with zero attached hydrogens (tertiary/aromatic N) is 3. The van der Waals surface area contributed by atoms with Crippen LogP contribution in [0.15, 0.2) is 29.3 Å². The predicted octanol–water partition coefficient (Wildman–Crippen LogP) is 2.79. The average Bonchev–Trinajstić information content (AvgIpc) is 2.64. The van der Waals surface area contributed by atoms with Gasteiger partial charge < -0.3 is 20.4 Å². The molecule has 0 spiro atoms. The molecule has 0 unspecified atom stereocenters. The van der Waals surface area contributed by atoms with Gasteiger partial charge in [0.1, 0.15) is 0 Å². The number of rotatable bonds is 10. The highest BCUT2D eigenvalue weighted by molar-refractivity contribution is 14.0. The highest BCUT2D eigenvalue weighted by atomic mass is 127. The van der Waals surface area contributed by atoms with Gasteiger partial charge in [-0.15, -0.1) is 24.0 Å². The Balaban J connectivity index is 0.00000676. The fourth-order valence-electron chi connectivity index (χ4n) is 2.43. The molecular weight excluding hydrogens is 453 g/mol. The largest absolute Gasteiger partial charge is 0.357 e. The molecule has 0 aliphatic heterocycles. The number of nitrogens with one attached hydrogen (secondary N) is 2. The van der Waals surface area contributed by atoms with Gasteiger partial charge in [-0.1, -0.05) is 25.5 Å². The van der Waals surface area contributed by atoms with E-state index < -0.39 is 0 Å². The summed E-state index contributed by atoms with van der Waals surface area (Å²) in [5, 5.41) is 6.65. The molecular formula is C20H36IN5O. The van der Waals surface area contributed by atoms with Crippen molar-refractivity contribution in [2.24, 2.45) is 4.99 Å². The second-order valence-corrected chi connectivity index (χ2v) is 6.68. The average molecular weight is 489 g/mol. The molecule has 1 rings (SSSR count). The molecule has 1 amide bonds. The van der Waals surface area contributed by atoms with E-state index in [0.717, 1.165) is 37.7 Å². The normalized spacial score (nSPS) is 11.1. The van der Waals surface area contributed by atoms with E-state index in [2.05, 4.69) is 41.4 Å². The van der Waals surface area contributed by atoms with E-state index in [1.807, 2.05) is 24.3 Å². The van der Waals surface area contributed by atoms with Crippen LogP contribution < -0.4 is 10.6 Å². The number of aliphatic imine (C=N–C) groups is 1.